The molecule has 4 nitrogen and oxygen atoms in total. The van der Waals surface area contributed by atoms with Crippen LogP contribution < -0.4 is 0 Å². The zero-order valence-corrected chi connectivity index (χ0v) is 13.1. The molecule has 0 aromatic carbocycles. The van der Waals surface area contributed by atoms with Gasteiger partial charge in [-0.2, -0.15) is 0 Å². The Morgan fingerprint density at radius 3 is 1.44 bits per heavy atom. The minimum absolute atomic E-state index is 0. The molecule has 0 saturated heterocycles. The third-order valence-electron chi connectivity index (χ3n) is 1.88. The van der Waals surface area contributed by atoms with Crippen molar-refractivity contribution in [2.75, 3.05) is 13.2 Å². The first kappa shape index (κ1) is 19.2. The van der Waals surface area contributed by atoms with Crippen LogP contribution in [0.4, 0.5) is 0 Å². The number of carbonyl (C=O) groups excluding carboxylic acids is 2. The lowest BCUT2D eigenvalue weighted by atomic mass is 9.96. The molecule has 0 N–H and O–H groups in total. The molecule has 0 rings (SSSR count). The number of halogens is 1. The van der Waals surface area contributed by atoms with Crippen molar-refractivity contribution in [1.29, 1.82) is 0 Å². The smallest absolute Gasteiger partial charge is 0.333 e. The predicted octanol–water partition coefficient (Wildman–Crippen LogP) is 2.83. The van der Waals surface area contributed by atoms with Crippen LogP contribution in [0.15, 0.2) is 24.3 Å². The molecule has 0 aliphatic heterocycles. The van der Waals surface area contributed by atoms with Crippen molar-refractivity contribution < 1.29 is 19.1 Å². The topological polar surface area (TPSA) is 52.6 Å². The van der Waals surface area contributed by atoms with Gasteiger partial charge >= 0.3 is 11.9 Å². The molecule has 0 aliphatic rings. The minimum atomic E-state index is -0.440. The Hall–Kier alpha value is -1.10. The van der Waals surface area contributed by atoms with Crippen molar-refractivity contribution in [3.05, 3.63) is 24.3 Å². The van der Waals surface area contributed by atoms with Gasteiger partial charge in [-0.25, -0.2) is 9.59 Å². The minimum Gasteiger partial charge on any atom is -0.462 e. The fourth-order valence-corrected chi connectivity index (χ4v) is 0.810. The fraction of sp³-hybridized carbons (Fsp3) is 0.538. The van der Waals surface area contributed by atoms with Gasteiger partial charge < -0.3 is 9.47 Å². The van der Waals surface area contributed by atoms with Gasteiger partial charge in [-0.1, -0.05) is 27.0 Å². The van der Waals surface area contributed by atoms with E-state index in [0.29, 0.717) is 11.1 Å². The van der Waals surface area contributed by atoms with Crippen molar-refractivity contribution in [2.45, 2.75) is 27.7 Å². The van der Waals surface area contributed by atoms with Gasteiger partial charge in [0.15, 0.2) is 0 Å². The molecule has 5 heteroatoms. The van der Waals surface area contributed by atoms with Crippen LogP contribution in [0.3, 0.4) is 0 Å². The van der Waals surface area contributed by atoms with Gasteiger partial charge in [-0.15, -0.1) is 17.0 Å². The third kappa shape index (κ3) is 8.06. The molecule has 0 spiro atoms. The van der Waals surface area contributed by atoms with Crippen LogP contribution >= 0.6 is 17.0 Å². The van der Waals surface area contributed by atoms with Gasteiger partial charge in [-0.05, 0) is 13.8 Å². The van der Waals surface area contributed by atoms with Gasteiger partial charge in [0.2, 0.25) is 0 Å². The average Bonchev–Trinajstić information content (AvgIpc) is 2.22. The number of esters is 2. The number of hydrogen-bond donors (Lipinski definition) is 0. The molecule has 0 fully saturated rings. The Kier molecular flexibility index (Phi) is 8.64. The SMILES string of the molecule is Br.C=C(C)C(=O)OCC(C)(C)COC(=O)C(=C)C. The maximum Gasteiger partial charge on any atom is 0.333 e. The maximum absolute atomic E-state index is 11.2. The lowest BCUT2D eigenvalue weighted by molar-refractivity contribution is -0.147. The summed E-state index contributed by atoms with van der Waals surface area (Å²) in [6, 6.07) is 0. The molecule has 0 aromatic rings. The second-order valence-electron chi connectivity index (χ2n) is 4.88. The van der Waals surface area contributed by atoms with Gasteiger partial charge in [0, 0.05) is 16.6 Å². The highest BCUT2D eigenvalue weighted by Gasteiger charge is 2.23. The molecular weight excluding hydrogens is 300 g/mol. The Labute approximate surface area is 119 Å². The number of ether oxygens (including phenoxy) is 2. The summed E-state index contributed by atoms with van der Waals surface area (Å²) in [6.45, 7) is 14.1. The maximum atomic E-state index is 11.2. The lowest BCUT2D eigenvalue weighted by Gasteiger charge is -2.23. The Bertz CT molecular complexity index is 313. The van der Waals surface area contributed by atoms with Crippen molar-refractivity contribution in [3.63, 3.8) is 0 Å². The Balaban J connectivity index is 0. The lowest BCUT2D eigenvalue weighted by Crippen LogP contribution is -2.28. The molecule has 0 heterocycles. The summed E-state index contributed by atoms with van der Waals surface area (Å²) in [5.74, 6) is -0.881. The standard InChI is InChI=1S/C13H20O4.BrH/c1-9(2)11(14)16-7-13(5,6)8-17-12(15)10(3)4;/h1,3,7-8H2,2,4-6H3;1H. The van der Waals surface area contributed by atoms with E-state index in [-0.39, 0.29) is 30.2 Å². The highest BCUT2D eigenvalue weighted by Crippen LogP contribution is 2.17. The van der Waals surface area contributed by atoms with E-state index in [0.717, 1.165) is 0 Å². The third-order valence-corrected chi connectivity index (χ3v) is 1.88. The summed E-state index contributed by atoms with van der Waals surface area (Å²) < 4.78 is 10.0. The quantitative estimate of drug-likeness (QED) is 0.558. The first-order valence-electron chi connectivity index (χ1n) is 5.31. The summed E-state index contributed by atoms with van der Waals surface area (Å²) in [7, 11) is 0. The molecule has 104 valence electrons. The second-order valence-corrected chi connectivity index (χ2v) is 4.88. The molecule has 0 saturated carbocycles. The van der Waals surface area contributed by atoms with Crippen molar-refractivity contribution in [1.82, 2.24) is 0 Å². The van der Waals surface area contributed by atoms with Crippen molar-refractivity contribution in [3.8, 4) is 0 Å². The van der Waals surface area contributed by atoms with Crippen molar-refractivity contribution >= 4 is 28.9 Å². The molecule has 0 aromatic heterocycles. The normalized spacial score (nSPS) is 10.0. The van der Waals surface area contributed by atoms with Gasteiger partial charge in [-0.3, -0.25) is 0 Å². The molecule has 0 bridgehead atoms. The van der Waals surface area contributed by atoms with E-state index >= 15 is 0 Å². The molecule has 0 atom stereocenters. The van der Waals surface area contributed by atoms with Crippen molar-refractivity contribution in [2.24, 2.45) is 5.41 Å². The highest BCUT2D eigenvalue weighted by molar-refractivity contribution is 8.93. The van der Waals surface area contributed by atoms with Crippen LogP contribution in [0.1, 0.15) is 27.7 Å². The molecule has 0 amide bonds. The number of rotatable bonds is 6. The predicted molar refractivity (Wildman–Crippen MR) is 75.6 cm³/mol. The molecule has 0 aliphatic carbocycles. The van der Waals surface area contributed by atoms with E-state index in [1.54, 1.807) is 13.8 Å². The summed E-state index contributed by atoms with van der Waals surface area (Å²) in [6.07, 6.45) is 0. The second kappa shape index (κ2) is 8.08. The number of carbonyl (C=O) groups is 2. The average molecular weight is 321 g/mol. The van der Waals surface area contributed by atoms with Gasteiger partial charge in [0.1, 0.15) is 0 Å². The van der Waals surface area contributed by atoms with Crippen LogP contribution in [0.5, 0.6) is 0 Å². The first-order chi connectivity index (χ1) is 7.65. The van der Waals surface area contributed by atoms with E-state index in [4.69, 9.17) is 9.47 Å². The van der Waals surface area contributed by atoms with E-state index in [9.17, 15) is 9.59 Å². The van der Waals surface area contributed by atoms with Crippen LogP contribution in [0.25, 0.3) is 0 Å². The zero-order chi connectivity index (χ0) is 13.6. The van der Waals surface area contributed by atoms with E-state index < -0.39 is 17.4 Å². The molecule has 0 radical (unpaired) electrons. The van der Waals surface area contributed by atoms with Crippen LogP contribution in [0.2, 0.25) is 0 Å². The van der Waals surface area contributed by atoms with Crippen LogP contribution in [0, 0.1) is 5.41 Å². The van der Waals surface area contributed by atoms with E-state index in [1.165, 1.54) is 0 Å². The summed E-state index contributed by atoms with van der Waals surface area (Å²) >= 11 is 0. The first-order valence-corrected chi connectivity index (χ1v) is 5.31. The molecule has 18 heavy (non-hydrogen) atoms. The Morgan fingerprint density at radius 1 is 0.944 bits per heavy atom. The van der Waals surface area contributed by atoms with Crippen LogP contribution in [-0.4, -0.2) is 25.2 Å². The largest absolute Gasteiger partial charge is 0.462 e. The van der Waals surface area contributed by atoms with E-state index in [2.05, 4.69) is 13.2 Å². The summed E-state index contributed by atoms with van der Waals surface area (Å²) in [5, 5.41) is 0. The Morgan fingerprint density at radius 2 is 1.22 bits per heavy atom. The van der Waals surface area contributed by atoms with E-state index in [1.807, 2.05) is 13.8 Å². The monoisotopic (exact) mass is 320 g/mol. The van der Waals surface area contributed by atoms with Crippen LogP contribution in [-0.2, 0) is 19.1 Å². The highest BCUT2D eigenvalue weighted by atomic mass is 79.9. The fourth-order valence-electron chi connectivity index (χ4n) is 0.810. The summed E-state index contributed by atoms with van der Waals surface area (Å²) in [5.41, 5.74) is 0.260. The van der Waals surface area contributed by atoms with Gasteiger partial charge in [0.25, 0.3) is 0 Å². The van der Waals surface area contributed by atoms with Gasteiger partial charge in [0.05, 0.1) is 13.2 Å². The number of hydrogen-bond acceptors (Lipinski definition) is 4. The molecular formula is C13H21BrO4. The zero-order valence-electron chi connectivity index (χ0n) is 11.4. The molecule has 0 unspecified atom stereocenters. The summed E-state index contributed by atoms with van der Waals surface area (Å²) in [4.78, 5) is 22.4.